The summed E-state index contributed by atoms with van der Waals surface area (Å²) in [6, 6.07) is 19.0. The summed E-state index contributed by atoms with van der Waals surface area (Å²) >= 11 is 0. The lowest BCUT2D eigenvalue weighted by atomic mass is 10.2. The molecule has 1 unspecified atom stereocenters. The topological polar surface area (TPSA) is 77.3 Å². The molecule has 7 nitrogen and oxygen atoms in total. The van der Waals surface area contributed by atoms with Crippen LogP contribution in [0.4, 0.5) is 0 Å². The molecule has 0 N–H and O–H groups in total. The first kappa shape index (κ1) is 19.2. The zero-order valence-electron chi connectivity index (χ0n) is 17.0. The average Bonchev–Trinajstić information content (AvgIpc) is 3.27. The summed E-state index contributed by atoms with van der Waals surface area (Å²) in [4.78, 5) is 35.9. The lowest BCUT2D eigenvalue weighted by Gasteiger charge is -2.17. The highest BCUT2D eigenvalue weighted by molar-refractivity contribution is 5.79. The number of nitrogens with zero attached hydrogens (tertiary/aromatic N) is 4. The van der Waals surface area contributed by atoms with Crippen LogP contribution < -0.4 is 10.3 Å². The normalized spacial score (nSPS) is 16.1. The number of para-hydroxylation sites is 2. The molecule has 1 fully saturated rings. The molecule has 1 atom stereocenters. The Balaban J connectivity index is 1.19. The summed E-state index contributed by atoms with van der Waals surface area (Å²) in [5.41, 5.74) is 1.43. The van der Waals surface area contributed by atoms with Gasteiger partial charge in [0.2, 0.25) is 11.8 Å². The SMILES string of the molecule is O=C(CCn1cnc2ccccc2c1=O)N1CCC(Oc2ccc3ccccc3n2)C1. The van der Waals surface area contributed by atoms with Gasteiger partial charge in [0.25, 0.3) is 5.56 Å². The second-order valence-corrected chi connectivity index (χ2v) is 7.72. The maximum atomic E-state index is 12.7. The van der Waals surface area contributed by atoms with E-state index in [4.69, 9.17) is 4.74 Å². The largest absolute Gasteiger partial charge is 0.472 e. The van der Waals surface area contributed by atoms with E-state index < -0.39 is 0 Å². The van der Waals surface area contributed by atoms with Crippen LogP contribution in [0.3, 0.4) is 0 Å². The molecule has 1 aliphatic rings. The monoisotopic (exact) mass is 414 g/mol. The number of aryl methyl sites for hydroxylation is 1. The molecular weight excluding hydrogens is 392 g/mol. The second-order valence-electron chi connectivity index (χ2n) is 7.72. The zero-order chi connectivity index (χ0) is 21.2. The number of aromatic nitrogens is 3. The van der Waals surface area contributed by atoms with E-state index in [0.29, 0.717) is 36.4 Å². The van der Waals surface area contributed by atoms with Crippen molar-refractivity contribution in [3.63, 3.8) is 0 Å². The molecule has 1 amide bonds. The Kier molecular flexibility index (Phi) is 5.08. The maximum absolute atomic E-state index is 12.7. The number of ether oxygens (including phenoxy) is 1. The number of hydrogen-bond acceptors (Lipinski definition) is 5. The van der Waals surface area contributed by atoms with Crippen LogP contribution in [-0.2, 0) is 11.3 Å². The highest BCUT2D eigenvalue weighted by atomic mass is 16.5. The summed E-state index contributed by atoms with van der Waals surface area (Å²) in [6.45, 7) is 1.48. The van der Waals surface area contributed by atoms with Gasteiger partial charge in [-0.1, -0.05) is 30.3 Å². The van der Waals surface area contributed by atoms with Crippen molar-refractivity contribution >= 4 is 27.7 Å². The zero-order valence-corrected chi connectivity index (χ0v) is 17.0. The molecule has 0 bridgehead atoms. The molecule has 4 aromatic rings. The van der Waals surface area contributed by atoms with Gasteiger partial charge in [-0.05, 0) is 24.3 Å². The number of carbonyl (C=O) groups is 1. The van der Waals surface area contributed by atoms with Crippen molar-refractivity contribution in [1.29, 1.82) is 0 Å². The molecule has 3 heterocycles. The fourth-order valence-corrected chi connectivity index (χ4v) is 3.97. The lowest BCUT2D eigenvalue weighted by molar-refractivity contribution is -0.130. The third-order valence-electron chi connectivity index (χ3n) is 5.66. The van der Waals surface area contributed by atoms with E-state index in [9.17, 15) is 9.59 Å². The summed E-state index contributed by atoms with van der Waals surface area (Å²) in [6.07, 6.45) is 2.44. The molecular formula is C24H22N4O3. The highest BCUT2D eigenvalue weighted by Gasteiger charge is 2.27. The van der Waals surface area contributed by atoms with Gasteiger partial charge in [0, 0.05) is 37.4 Å². The minimum absolute atomic E-state index is 0.0117. The predicted molar refractivity (Wildman–Crippen MR) is 118 cm³/mol. The number of fused-ring (bicyclic) bond motifs is 2. The Morgan fingerprint density at radius 3 is 2.74 bits per heavy atom. The fourth-order valence-electron chi connectivity index (χ4n) is 3.97. The van der Waals surface area contributed by atoms with Crippen molar-refractivity contribution in [2.45, 2.75) is 25.5 Å². The van der Waals surface area contributed by atoms with E-state index in [1.165, 1.54) is 10.9 Å². The van der Waals surface area contributed by atoms with Crippen LogP contribution in [0.25, 0.3) is 21.8 Å². The van der Waals surface area contributed by atoms with Crippen LogP contribution in [0.2, 0.25) is 0 Å². The maximum Gasteiger partial charge on any atom is 0.261 e. The highest BCUT2D eigenvalue weighted by Crippen LogP contribution is 2.20. The minimum atomic E-state index is -0.122. The third kappa shape index (κ3) is 3.99. The van der Waals surface area contributed by atoms with Crippen LogP contribution in [0, 0.1) is 0 Å². The third-order valence-corrected chi connectivity index (χ3v) is 5.66. The molecule has 2 aromatic carbocycles. The molecule has 0 saturated carbocycles. The van der Waals surface area contributed by atoms with Crippen molar-refractivity contribution in [1.82, 2.24) is 19.4 Å². The van der Waals surface area contributed by atoms with E-state index in [2.05, 4.69) is 9.97 Å². The number of likely N-dealkylation sites (tertiary alicyclic amines) is 1. The van der Waals surface area contributed by atoms with E-state index in [1.807, 2.05) is 48.5 Å². The van der Waals surface area contributed by atoms with Crippen molar-refractivity contribution < 1.29 is 9.53 Å². The van der Waals surface area contributed by atoms with Crippen LogP contribution >= 0.6 is 0 Å². The van der Waals surface area contributed by atoms with Crippen LogP contribution in [0.5, 0.6) is 5.88 Å². The lowest BCUT2D eigenvalue weighted by Crippen LogP contribution is -2.32. The average molecular weight is 414 g/mol. The van der Waals surface area contributed by atoms with Gasteiger partial charge in [0.05, 0.1) is 29.3 Å². The van der Waals surface area contributed by atoms with Crippen molar-refractivity contribution in [2.75, 3.05) is 13.1 Å². The Morgan fingerprint density at radius 2 is 1.84 bits per heavy atom. The number of carbonyl (C=O) groups excluding carboxylic acids is 1. The summed E-state index contributed by atoms with van der Waals surface area (Å²) < 4.78 is 7.53. The first-order valence-corrected chi connectivity index (χ1v) is 10.4. The number of amides is 1. The smallest absolute Gasteiger partial charge is 0.261 e. The predicted octanol–water partition coefficient (Wildman–Crippen LogP) is 3.01. The molecule has 1 saturated heterocycles. The van der Waals surface area contributed by atoms with Crippen molar-refractivity contribution in [3.05, 3.63) is 77.3 Å². The van der Waals surface area contributed by atoms with Gasteiger partial charge >= 0.3 is 0 Å². The minimum Gasteiger partial charge on any atom is -0.472 e. The number of benzene rings is 2. The Hall–Kier alpha value is -3.74. The Labute approximate surface area is 178 Å². The Morgan fingerprint density at radius 1 is 1.03 bits per heavy atom. The summed E-state index contributed by atoms with van der Waals surface area (Å²) in [5.74, 6) is 0.587. The van der Waals surface area contributed by atoms with Crippen LogP contribution in [0.1, 0.15) is 12.8 Å². The fraction of sp³-hybridized carbons (Fsp3) is 0.250. The van der Waals surface area contributed by atoms with Crippen molar-refractivity contribution in [2.24, 2.45) is 0 Å². The van der Waals surface area contributed by atoms with Gasteiger partial charge in [-0.2, -0.15) is 0 Å². The number of pyridine rings is 1. The molecule has 0 radical (unpaired) electrons. The van der Waals surface area contributed by atoms with Crippen LogP contribution in [0.15, 0.2) is 71.8 Å². The van der Waals surface area contributed by atoms with Gasteiger partial charge in [0.15, 0.2) is 0 Å². The number of hydrogen-bond donors (Lipinski definition) is 0. The van der Waals surface area contributed by atoms with E-state index in [0.717, 1.165) is 17.3 Å². The van der Waals surface area contributed by atoms with Crippen molar-refractivity contribution in [3.8, 4) is 5.88 Å². The molecule has 1 aliphatic heterocycles. The number of rotatable bonds is 5. The molecule has 0 aliphatic carbocycles. The van der Waals surface area contributed by atoms with E-state index in [-0.39, 0.29) is 24.0 Å². The molecule has 156 valence electrons. The van der Waals surface area contributed by atoms with E-state index >= 15 is 0 Å². The first-order chi connectivity index (χ1) is 15.2. The second kappa shape index (κ2) is 8.18. The Bertz CT molecular complexity index is 1320. The molecule has 5 rings (SSSR count). The molecule has 31 heavy (non-hydrogen) atoms. The summed E-state index contributed by atoms with van der Waals surface area (Å²) in [7, 11) is 0. The van der Waals surface area contributed by atoms with Crippen LogP contribution in [-0.4, -0.2) is 44.5 Å². The molecule has 7 heteroatoms. The van der Waals surface area contributed by atoms with Gasteiger partial charge in [-0.25, -0.2) is 9.97 Å². The van der Waals surface area contributed by atoms with Gasteiger partial charge in [-0.15, -0.1) is 0 Å². The molecule has 2 aromatic heterocycles. The van der Waals surface area contributed by atoms with Gasteiger partial charge in [0.1, 0.15) is 6.10 Å². The van der Waals surface area contributed by atoms with E-state index in [1.54, 1.807) is 17.0 Å². The quantitative estimate of drug-likeness (QED) is 0.502. The first-order valence-electron chi connectivity index (χ1n) is 10.4. The summed E-state index contributed by atoms with van der Waals surface area (Å²) in [5, 5.41) is 1.63. The molecule has 0 spiro atoms. The van der Waals surface area contributed by atoms with Gasteiger partial charge < -0.3 is 9.64 Å². The standard InChI is InChI=1S/C24H22N4O3/c29-23(12-14-28-16-25-21-8-4-2-6-19(21)24(28)30)27-13-11-18(15-27)31-22-10-9-17-5-1-3-7-20(17)26-22/h1-10,16,18H,11-15H2. The van der Waals surface area contributed by atoms with Gasteiger partial charge in [-0.3, -0.25) is 14.2 Å².